The Labute approximate surface area is 312 Å². The molecule has 0 fully saturated rings. The lowest BCUT2D eigenvalue weighted by molar-refractivity contribution is -0.161. The van der Waals surface area contributed by atoms with Crippen molar-refractivity contribution < 1.29 is 37.9 Å². The van der Waals surface area contributed by atoms with E-state index < -0.39 is 32.5 Å². The van der Waals surface area contributed by atoms with Gasteiger partial charge in [0.2, 0.25) is 0 Å². The molecule has 0 aromatic heterocycles. The van der Waals surface area contributed by atoms with Gasteiger partial charge in [0.15, 0.2) is 6.10 Å². The molecule has 0 radical (unpaired) electrons. The van der Waals surface area contributed by atoms with Gasteiger partial charge in [-0.2, -0.15) is 0 Å². The van der Waals surface area contributed by atoms with Gasteiger partial charge < -0.3 is 19.3 Å². The van der Waals surface area contributed by atoms with Crippen molar-refractivity contribution in [2.45, 2.75) is 206 Å². The van der Waals surface area contributed by atoms with E-state index in [1.54, 1.807) is 0 Å². The summed E-state index contributed by atoms with van der Waals surface area (Å²) in [6.07, 6.45) is 44.5. The second-order valence-corrected chi connectivity index (χ2v) is 15.2. The highest BCUT2D eigenvalue weighted by Crippen LogP contribution is 2.36. The summed E-state index contributed by atoms with van der Waals surface area (Å²) in [4.78, 5) is 42.8. The highest BCUT2D eigenvalue weighted by Gasteiger charge is 2.22. The molecule has 0 bridgehead atoms. The molecule has 0 aromatic rings. The van der Waals surface area contributed by atoms with Gasteiger partial charge in [-0.25, -0.2) is 4.57 Å². The van der Waals surface area contributed by atoms with E-state index in [1.807, 2.05) is 0 Å². The van der Waals surface area contributed by atoms with E-state index in [4.69, 9.17) is 19.3 Å². The summed E-state index contributed by atoms with van der Waals surface area (Å²) in [6.45, 7) is 3.56. The van der Waals surface area contributed by atoms with Crippen molar-refractivity contribution in [1.82, 2.24) is 0 Å². The Morgan fingerprint density at radius 3 is 1.41 bits per heavy atom. The van der Waals surface area contributed by atoms with Crippen molar-refractivity contribution in [2.75, 3.05) is 13.2 Å². The van der Waals surface area contributed by atoms with Crippen LogP contribution in [-0.4, -0.2) is 41.0 Å². The van der Waals surface area contributed by atoms with Gasteiger partial charge in [-0.1, -0.05) is 179 Å². The van der Waals surface area contributed by atoms with Gasteiger partial charge in [0.25, 0.3) is 0 Å². The molecule has 0 aliphatic heterocycles. The lowest BCUT2D eigenvalue weighted by atomic mass is 10.0. The predicted molar refractivity (Wildman–Crippen MR) is 211 cm³/mol. The van der Waals surface area contributed by atoms with E-state index in [0.29, 0.717) is 6.42 Å². The molecular weight excluding hydrogens is 663 g/mol. The lowest BCUT2D eigenvalue weighted by Gasteiger charge is -2.18. The van der Waals surface area contributed by atoms with E-state index >= 15 is 0 Å². The van der Waals surface area contributed by atoms with E-state index in [-0.39, 0.29) is 19.4 Å². The van der Waals surface area contributed by atoms with Crippen molar-refractivity contribution in [2.24, 2.45) is 0 Å². The number of unbranched alkanes of at least 4 members (excludes halogenated alkanes) is 22. The first-order valence-corrected chi connectivity index (χ1v) is 22.3. The molecule has 298 valence electrons. The molecule has 1 unspecified atom stereocenters. The highest BCUT2D eigenvalue weighted by molar-refractivity contribution is 7.46. The molecule has 0 aliphatic rings. The van der Waals surface area contributed by atoms with Crippen LogP contribution in [0.2, 0.25) is 0 Å². The fourth-order valence-corrected chi connectivity index (χ4v) is 6.22. The van der Waals surface area contributed by atoms with Crippen molar-refractivity contribution >= 4 is 19.8 Å². The smallest absolute Gasteiger partial charge is 0.462 e. The van der Waals surface area contributed by atoms with Gasteiger partial charge in [-0.15, -0.1) is 0 Å². The fraction of sp³-hybridized carbons (Fsp3) is 0.810. The van der Waals surface area contributed by atoms with Gasteiger partial charge in [0.1, 0.15) is 6.61 Å². The zero-order chi connectivity index (χ0) is 37.5. The van der Waals surface area contributed by atoms with Crippen LogP contribution in [0.25, 0.3) is 0 Å². The van der Waals surface area contributed by atoms with Crippen LogP contribution < -0.4 is 0 Å². The summed E-state index contributed by atoms with van der Waals surface area (Å²) in [5.74, 6) is -0.913. The molecule has 9 heteroatoms. The van der Waals surface area contributed by atoms with Gasteiger partial charge in [-0.3, -0.25) is 14.1 Å². The molecule has 8 nitrogen and oxygen atoms in total. The summed E-state index contributed by atoms with van der Waals surface area (Å²) >= 11 is 0. The van der Waals surface area contributed by atoms with Crippen LogP contribution in [0.1, 0.15) is 200 Å². The third kappa shape index (κ3) is 40.9. The van der Waals surface area contributed by atoms with E-state index in [1.165, 1.54) is 109 Å². The van der Waals surface area contributed by atoms with Crippen LogP contribution in [0.15, 0.2) is 36.5 Å². The van der Waals surface area contributed by atoms with Gasteiger partial charge in [0.05, 0.1) is 6.61 Å². The molecular formula is C42H77O8P. The third-order valence-corrected chi connectivity index (χ3v) is 9.41. The van der Waals surface area contributed by atoms with Crippen molar-refractivity contribution in [3.63, 3.8) is 0 Å². The SMILES string of the molecule is CC/C=C\C/C=C\C/C=C\CCCCCC(=O)OC(COC(=O)CCCCCCCCCCCCCCCCCCCCCC)COP(=O)(O)O. The molecule has 0 aromatic carbocycles. The Morgan fingerprint density at radius 1 is 0.529 bits per heavy atom. The predicted octanol–water partition coefficient (Wildman–Crippen LogP) is 12.6. The number of rotatable bonds is 38. The van der Waals surface area contributed by atoms with Crippen LogP contribution in [0, 0.1) is 0 Å². The minimum absolute atomic E-state index is 0.178. The number of phosphoric ester groups is 1. The van der Waals surface area contributed by atoms with Gasteiger partial charge >= 0.3 is 19.8 Å². The number of allylic oxidation sites excluding steroid dienone is 6. The first-order chi connectivity index (χ1) is 24.8. The van der Waals surface area contributed by atoms with Crippen LogP contribution >= 0.6 is 7.82 Å². The molecule has 2 N–H and O–H groups in total. The maximum absolute atomic E-state index is 12.4. The summed E-state index contributed by atoms with van der Waals surface area (Å²) in [5.41, 5.74) is 0. The average molecular weight is 741 g/mol. The molecule has 0 heterocycles. The first-order valence-electron chi connectivity index (χ1n) is 20.8. The van der Waals surface area contributed by atoms with E-state index in [2.05, 4.69) is 54.8 Å². The van der Waals surface area contributed by atoms with Gasteiger partial charge in [-0.05, 0) is 44.9 Å². The monoisotopic (exact) mass is 741 g/mol. The molecule has 0 saturated carbocycles. The maximum Gasteiger partial charge on any atom is 0.469 e. The number of ether oxygens (including phenoxy) is 2. The Kier molecular flexibility index (Phi) is 36.7. The van der Waals surface area contributed by atoms with Crippen molar-refractivity contribution in [3.8, 4) is 0 Å². The molecule has 0 aliphatic carbocycles. The quantitative estimate of drug-likeness (QED) is 0.0278. The summed E-state index contributed by atoms with van der Waals surface area (Å²) in [7, 11) is -4.76. The minimum Gasteiger partial charge on any atom is -0.462 e. The van der Waals surface area contributed by atoms with Crippen LogP contribution in [-0.2, 0) is 28.2 Å². The zero-order valence-corrected chi connectivity index (χ0v) is 33.6. The third-order valence-electron chi connectivity index (χ3n) is 8.92. The summed E-state index contributed by atoms with van der Waals surface area (Å²) < 4.78 is 26.3. The Morgan fingerprint density at radius 2 is 0.941 bits per heavy atom. The van der Waals surface area contributed by atoms with Crippen molar-refractivity contribution in [1.29, 1.82) is 0 Å². The van der Waals surface area contributed by atoms with E-state index in [9.17, 15) is 14.2 Å². The van der Waals surface area contributed by atoms with Crippen LogP contribution in [0.5, 0.6) is 0 Å². The topological polar surface area (TPSA) is 119 Å². The minimum atomic E-state index is -4.76. The average Bonchev–Trinajstić information content (AvgIpc) is 3.10. The first kappa shape index (κ1) is 49.3. The van der Waals surface area contributed by atoms with E-state index in [0.717, 1.165) is 57.8 Å². The Bertz CT molecular complexity index is 926. The number of hydrogen-bond acceptors (Lipinski definition) is 6. The maximum atomic E-state index is 12.4. The summed E-state index contributed by atoms with van der Waals surface area (Å²) in [5, 5.41) is 0. The number of esters is 2. The second kappa shape index (κ2) is 38.0. The Hall–Kier alpha value is -1.73. The molecule has 0 saturated heterocycles. The van der Waals surface area contributed by atoms with Crippen molar-refractivity contribution in [3.05, 3.63) is 36.5 Å². The molecule has 1 atom stereocenters. The number of hydrogen-bond donors (Lipinski definition) is 2. The largest absolute Gasteiger partial charge is 0.469 e. The normalized spacial score (nSPS) is 12.8. The van der Waals surface area contributed by atoms with Crippen LogP contribution in [0.3, 0.4) is 0 Å². The van der Waals surface area contributed by atoms with Crippen LogP contribution in [0.4, 0.5) is 0 Å². The highest BCUT2D eigenvalue weighted by atomic mass is 31.2. The second-order valence-electron chi connectivity index (χ2n) is 13.9. The summed E-state index contributed by atoms with van der Waals surface area (Å²) in [6, 6.07) is 0. The fourth-order valence-electron chi connectivity index (χ4n) is 5.86. The number of carbonyl (C=O) groups is 2. The molecule has 51 heavy (non-hydrogen) atoms. The van der Waals surface area contributed by atoms with Gasteiger partial charge in [0, 0.05) is 12.8 Å². The number of phosphoric acid groups is 1. The standard InChI is InChI=1S/C42H77O8P/c1-3-5-7-9-11-13-15-17-18-19-20-21-22-23-25-26-28-30-32-34-36-41(43)48-38-40(39-49-51(45,46)47)50-42(44)37-35-33-31-29-27-24-16-14-12-10-8-6-4-2/h6,8,12,14,24,27,40H,3-5,7,9-11,13,15-23,25-26,28-39H2,1-2H3,(H2,45,46,47)/b8-6-,14-12-,27-24-. The molecule has 0 spiro atoms. The zero-order valence-electron chi connectivity index (χ0n) is 32.8. The molecule has 0 amide bonds. The Balaban J connectivity index is 3.88. The lowest BCUT2D eigenvalue weighted by Crippen LogP contribution is -2.29. The number of carbonyl (C=O) groups excluding carboxylic acids is 2. The molecule has 0 rings (SSSR count).